The number of hydrogen-bond acceptors (Lipinski definition) is 3. The van der Waals surface area contributed by atoms with Crippen molar-refractivity contribution >= 4 is 5.97 Å². The zero-order valence-corrected chi connectivity index (χ0v) is 6.68. The van der Waals surface area contributed by atoms with E-state index >= 15 is 0 Å². The van der Waals surface area contributed by atoms with Crippen LogP contribution in [0.15, 0.2) is 23.1 Å². The number of carboxylic acids is 1. The Hall–Kier alpha value is -1.92. The van der Waals surface area contributed by atoms with Crippen molar-refractivity contribution in [3.8, 4) is 0 Å². The average Bonchev–Trinajstić information content (AvgIpc) is 2.07. The van der Waals surface area contributed by atoms with Gasteiger partial charge in [-0.2, -0.15) is 8.78 Å². The van der Waals surface area contributed by atoms with Crippen molar-refractivity contribution in [2.45, 2.75) is 6.61 Å². The molecule has 1 N–H and O–H groups in total. The van der Waals surface area contributed by atoms with Crippen molar-refractivity contribution < 1.29 is 23.5 Å². The van der Waals surface area contributed by atoms with Gasteiger partial charge in [-0.25, -0.2) is 4.79 Å². The molecule has 0 saturated carbocycles. The first kappa shape index (κ1) is 10.2. The van der Waals surface area contributed by atoms with E-state index in [0.717, 1.165) is 12.1 Å². The standard InChI is InChI=1S/C7H5F2NO4/c8-7(9)14-10-3-4(6(12)13)1-2-5(10)11/h1-3,7H,(H,12,13). The summed E-state index contributed by atoms with van der Waals surface area (Å²) < 4.78 is 23.6. The SMILES string of the molecule is O=C(O)c1ccc(=O)n(OC(F)F)c1. The Morgan fingerprint density at radius 1 is 1.50 bits per heavy atom. The third kappa shape index (κ3) is 2.28. The van der Waals surface area contributed by atoms with E-state index in [1.165, 1.54) is 0 Å². The highest BCUT2D eigenvalue weighted by Gasteiger charge is 2.09. The summed E-state index contributed by atoms with van der Waals surface area (Å²) >= 11 is 0. The minimum Gasteiger partial charge on any atom is -0.478 e. The fourth-order valence-corrected chi connectivity index (χ4v) is 0.762. The van der Waals surface area contributed by atoms with Gasteiger partial charge in [-0.3, -0.25) is 4.79 Å². The van der Waals surface area contributed by atoms with Gasteiger partial charge < -0.3 is 9.94 Å². The normalized spacial score (nSPS) is 10.2. The Bertz CT molecular complexity index is 401. The van der Waals surface area contributed by atoms with Gasteiger partial charge in [0.1, 0.15) is 0 Å². The zero-order valence-electron chi connectivity index (χ0n) is 6.68. The molecule has 0 spiro atoms. The van der Waals surface area contributed by atoms with Crippen LogP contribution in [-0.2, 0) is 0 Å². The molecule has 1 rings (SSSR count). The maximum Gasteiger partial charge on any atom is 0.405 e. The molecule has 0 fully saturated rings. The lowest BCUT2D eigenvalue weighted by molar-refractivity contribution is -0.135. The zero-order chi connectivity index (χ0) is 10.7. The van der Waals surface area contributed by atoms with Gasteiger partial charge in [-0.1, -0.05) is 0 Å². The molecular formula is C7H5F2NO4. The van der Waals surface area contributed by atoms with E-state index in [0.29, 0.717) is 6.20 Å². The molecule has 0 radical (unpaired) electrons. The first-order valence-electron chi connectivity index (χ1n) is 3.42. The number of aromatic carboxylic acids is 1. The van der Waals surface area contributed by atoms with Crippen molar-refractivity contribution in [2.75, 3.05) is 0 Å². The van der Waals surface area contributed by atoms with Crippen LogP contribution in [-0.4, -0.2) is 22.4 Å². The summed E-state index contributed by atoms with van der Waals surface area (Å²) in [6.07, 6.45) is 0.677. The molecule has 0 aliphatic rings. The second kappa shape index (κ2) is 3.86. The molecule has 14 heavy (non-hydrogen) atoms. The molecule has 1 heterocycles. The first-order chi connectivity index (χ1) is 6.50. The Balaban J connectivity index is 3.08. The molecule has 0 bridgehead atoms. The van der Waals surface area contributed by atoms with Crippen LogP contribution in [0, 0.1) is 0 Å². The number of hydrogen-bond donors (Lipinski definition) is 1. The Kier molecular flexibility index (Phi) is 2.80. The van der Waals surface area contributed by atoms with Gasteiger partial charge in [-0.05, 0) is 6.07 Å². The maximum atomic E-state index is 11.7. The lowest BCUT2D eigenvalue weighted by atomic mass is 10.3. The quantitative estimate of drug-likeness (QED) is 0.765. The largest absolute Gasteiger partial charge is 0.478 e. The molecular weight excluding hydrogens is 200 g/mol. The summed E-state index contributed by atoms with van der Waals surface area (Å²) in [7, 11) is 0. The number of alkyl halides is 2. The van der Waals surface area contributed by atoms with Gasteiger partial charge >= 0.3 is 12.6 Å². The lowest BCUT2D eigenvalue weighted by Gasteiger charge is -2.06. The van der Waals surface area contributed by atoms with Crippen LogP contribution in [0.1, 0.15) is 10.4 Å². The monoisotopic (exact) mass is 205 g/mol. The Morgan fingerprint density at radius 2 is 2.14 bits per heavy atom. The van der Waals surface area contributed by atoms with Gasteiger partial charge in [0, 0.05) is 6.07 Å². The summed E-state index contributed by atoms with van der Waals surface area (Å²) in [4.78, 5) is 25.0. The molecule has 0 aromatic carbocycles. The van der Waals surface area contributed by atoms with Gasteiger partial charge in [-0.15, -0.1) is 4.73 Å². The number of rotatable bonds is 3. The van der Waals surface area contributed by atoms with Crippen molar-refractivity contribution in [3.05, 3.63) is 34.2 Å². The summed E-state index contributed by atoms with van der Waals surface area (Å²) in [6.45, 7) is -3.18. The molecule has 5 nitrogen and oxygen atoms in total. The van der Waals surface area contributed by atoms with Crippen LogP contribution in [0.3, 0.4) is 0 Å². The Labute approximate surface area is 76.1 Å². The van der Waals surface area contributed by atoms with E-state index in [1.54, 1.807) is 0 Å². The van der Waals surface area contributed by atoms with Crippen LogP contribution < -0.4 is 10.4 Å². The summed E-state index contributed by atoms with van der Waals surface area (Å²) in [5.74, 6) is -1.34. The fraction of sp³-hybridized carbons (Fsp3) is 0.143. The molecule has 0 aliphatic carbocycles. The van der Waals surface area contributed by atoms with E-state index in [9.17, 15) is 18.4 Å². The third-order valence-electron chi connectivity index (χ3n) is 1.32. The molecule has 1 aromatic heterocycles. The van der Waals surface area contributed by atoms with E-state index in [4.69, 9.17) is 5.11 Å². The fourth-order valence-electron chi connectivity index (χ4n) is 0.762. The molecule has 76 valence electrons. The maximum absolute atomic E-state index is 11.7. The minimum absolute atomic E-state index is 0.175. The van der Waals surface area contributed by atoms with E-state index in [2.05, 4.69) is 4.84 Å². The average molecular weight is 205 g/mol. The number of carboxylic acid groups (broad SMARTS) is 1. The summed E-state index contributed by atoms with van der Waals surface area (Å²) in [6, 6.07) is 1.82. The van der Waals surface area contributed by atoms with Crippen LogP contribution >= 0.6 is 0 Å². The first-order valence-corrected chi connectivity index (χ1v) is 3.42. The number of carbonyl (C=O) groups is 1. The van der Waals surface area contributed by atoms with Crippen molar-refractivity contribution in [2.24, 2.45) is 0 Å². The molecule has 7 heteroatoms. The molecule has 0 aliphatic heterocycles. The highest BCUT2D eigenvalue weighted by atomic mass is 19.3. The number of pyridine rings is 1. The predicted molar refractivity (Wildman–Crippen MR) is 40.2 cm³/mol. The molecule has 0 unspecified atom stereocenters. The van der Waals surface area contributed by atoms with Crippen LogP contribution in [0.2, 0.25) is 0 Å². The summed E-state index contributed by atoms with van der Waals surface area (Å²) in [5.41, 5.74) is -1.18. The van der Waals surface area contributed by atoms with Crippen LogP contribution in [0.25, 0.3) is 0 Å². The molecule has 0 saturated heterocycles. The topological polar surface area (TPSA) is 68.5 Å². The number of aromatic nitrogens is 1. The number of nitrogens with zero attached hydrogens (tertiary/aromatic N) is 1. The lowest BCUT2D eigenvalue weighted by Crippen LogP contribution is -2.29. The molecule has 1 aromatic rings. The van der Waals surface area contributed by atoms with Gasteiger partial charge in [0.15, 0.2) is 0 Å². The predicted octanol–water partition coefficient (Wildman–Crippen LogP) is 0.198. The van der Waals surface area contributed by atoms with E-state index in [1.807, 2.05) is 0 Å². The smallest absolute Gasteiger partial charge is 0.405 e. The molecule has 0 amide bonds. The van der Waals surface area contributed by atoms with Crippen molar-refractivity contribution in [3.63, 3.8) is 0 Å². The summed E-state index contributed by atoms with van der Waals surface area (Å²) in [5, 5.41) is 8.48. The Morgan fingerprint density at radius 3 is 2.64 bits per heavy atom. The van der Waals surface area contributed by atoms with Gasteiger partial charge in [0.25, 0.3) is 5.56 Å². The van der Waals surface area contributed by atoms with Crippen LogP contribution in [0.4, 0.5) is 8.78 Å². The van der Waals surface area contributed by atoms with Crippen LogP contribution in [0.5, 0.6) is 0 Å². The second-order valence-electron chi connectivity index (χ2n) is 2.25. The van der Waals surface area contributed by atoms with Gasteiger partial charge in [0.2, 0.25) is 0 Å². The highest BCUT2D eigenvalue weighted by Crippen LogP contribution is 1.96. The van der Waals surface area contributed by atoms with E-state index in [-0.39, 0.29) is 10.3 Å². The third-order valence-corrected chi connectivity index (χ3v) is 1.32. The van der Waals surface area contributed by atoms with Crippen molar-refractivity contribution in [1.82, 2.24) is 4.73 Å². The number of halogens is 2. The van der Waals surface area contributed by atoms with Crippen molar-refractivity contribution in [1.29, 1.82) is 0 Å². The van der Waals surface area contributed by atoms with Gasteiger partial charge in [0.05, 0.1) is 11.8 Å². The van der Waals surface area contributed by atoms with E-state index < -0.39 is 18.1 Å². The highest BCUT2D eigenvalue weighted by molar-refractivity contribution is 5.87. The minimum atomic E-state index is -3.18. The molecule has 0 atom stereocenters. The second-order valence-corrected chi connectivity index (χ2v) is 2.25.